The molecule has 1 spiro atoms. The number of carbonyl (C=O) groups is 3. The molecule has 1 heterocycles. The Hall–Kier alpha value is -2.49. The smallest absolute Gasteiger partial charge is 0.309 e. The molecule has 9 heteroatoms. The molecule has 2 aliphatic carbocycles. The van der Waals surface area contributed by atoms with Crippen LogP contribution in [0.4, 0.5) is 0 Å². The second kappa shape index (κ2) is 11.3. The number of rotatable bonds is 9. The summed E-state index contributed by atoms with van der Waals surface area (Å²) in [6, 6.07) is 0. The molecule has 0 amide bonds. The summed E-state index contributed by atoms with van der Waals surface area (Å²) in [5, 5.41) is 22.8. The number of aliphatic hydroxyl groups excluding tert-OH is 2. The lowest BCUT2D eigenvalue weighted by molar-refractivity contribution is -0.256. The Morgan fingerprint density at radius 3 is 2.39 bits per heavy atom. The molecule has 0 bridgehead atoms. The van der Waals surface area contributed by atoms with Gasteiger partial charge in [0.25, 0.3) is 0 Å². The van der Waals surface area contributed by atoms with Crippen LogP contribution in [0.5, 0.6) is 0 Å². The molecule has 1 saturated carbocycles. The maximum Gasteiger partial charge on any atom is 0.309 e. The molecule has 0 radical (unpaired) electrons. The Morgan fingerprint density at radius 1 is 1.21 bits per heavy atom. The highest BCUT2D eigenvalue weighted by Crippen LogP contribution is 2.67. The topological polar surface area (TPSA) is 129 Å². The van der Waals surface area contributed by atoms with Gasteiger partial charge in [0.2, 0.25) is 12.6 Å². The first kappa shape index (κ1) is 30.1. The summed E-state index contributed by atoms with van der Waals surface area (Å²) in [7, 11) is 0. The summed E-state index contributed by atoms with van der Waals surface area (Å²) in [5.41, 5.74) is -1.10. The maximum absolute atomic E-state index is 12.8. The third kappa shape index (κ3) is 5.20. The molecule has 10 atom stereocenters. The van der Waals surface area contributed by atoms with E-state index < -0.39 is 59.6 Å². The molecule has 1 saturated heterocycles. The van der Waals surface area contributed by atoms with Gasteiger partial charge in [-0.2, -0.15) is 0 Å². The number of esters is 3. The van der Waals surface area contributed by atoms with Crippen molar-refractivity contribution >= 4 is 17.9 Å². The SMILES string of the molecule is C=CC(=C)[C@@H](O)C[C@]1(C)[C@H]2C[C@H](OC(=O)C(C)CC)C=C3[C@H](OC(C)=O)O[C@H](OC(C)=O)[C@]32[C@H](O)C[C@@H]1C. The van der Waals surface area contributed by atoms with Crippen molar-refractivity contribution in [2.75, 3.05) is 0 Å². The third-order valence-corrected chi connectivity index (χ3v) is 9.00. The van der Waals surface area contributed by atoms with Gasteiger partial charge in [0, 0.05) is 19.4 Å². The van der Waals surface area contributed by atoms with Gasteiger partial charge in [0.05, 0.1) is 23.5 Å². The van der Waals surface area contributed by atoms with E-state index in [4.69, 9.17) is 18.9 Å². The van der Waals surface area contributed by atoms with Crippen molar-refractivity contribution in [3.63, 3.8) is 0 Å². The fourth-order valence-corrected chi connectivity index (χ4v) is 6.52. The predicted molar refractivity (Wildman–Crippen MR) is 138 cm³/mol. The van der Waals surface area contributed by atoms with Crippen LogP contribution in [-0.4, -0.2) is 59.0 Å². The third-order valence-electron chi connectivity index (χ3n) is 9.00. The van der Waals surface area contributed by atoms with Crippen molar-refractivity contribution in [1.29, 1.82) is 0 Å². The lowest BCUT2D eigenvalue weighted by Crippen LogP contribution is -2.63. The van der Waals surface area contributed by atoms with Gasteiger partial charge in [-0.15, -0.1) is 0 Å². The summed E-state index contributed by atoms with van der Waals surface area (Å²) in [6.07, 6.45) is -0.516. The van der Waals surface area contributed by atoms with E-state index in [0.717, 1.165) is 0 Å². The standard InChI is InChI=1S/C29H42O9/c1-9-15(3)22(32)14-28(8)17(5)11-24(33)29-21(26(35-18(6)30)38-27(29)36-19(7)31)12-20(13-23(28)29)37-25(34)16(4)10-2/h9,12,16-17,20,22-24,26-27,32-33H,1,3,10-11,13-14H2,2,4-8H3/t16?,17-,20+,22-,23+,24+,26+,27-,28-,29+/m0/s1. The first-order chi connectivity index (χ1) is 17.7. The van der Waals surface area contributed by atoms with Gasteiger partial charge in [-0.25, -0.2) is 0 Å². The Morgan fingerprint density at radius 2 is 1.84 bits per heavy atom. The van der Waals surface area contributed by atoms with Crippen LogP contribution in [0.15, 0.2) is 36.5 Å². The van der Waals surface area contributed by atoms with Crippen LogP contribution >= 0.6 is 0 Å². The Bertz CT molecular complexity index is 1000. The van der Waals surface area contributed by atoms with E-state index in [1.54, 1.807) is 13.0 Å². The Kier molecular flexibility index (Phi) is 8.95. The number of aliphatic hydroxyl groups is 2. The van der Waals surface area contributed by atoms with Gasteiger partial charge in [-0.05, 0) is 54.6 Å². The molecule has 0 aromatic heterocycles. The van der Waals surface area contributed by atoms with Gasteiger partial charge in [0.15, 0.2) is 0 Å². The first-order valence-corrected chi connectivity index (χ1v) is 13.3. The zero-order valence-corrected chi connectivity index (χ0v) is 23.3. The second-order valence-corrected chi connectivity index (χ2v) is 11.3. The van der Waals surface area contributed by atoms with Gasteiger partial charge in [-0.3, -0.25) is 19.1 Å². The van der Waals surface area contributed by atoms with Gasteiger partial charge < -0.3 is 24.4 Å². The minimum Gasteiger partial charge on any atom is -0.458 e. The molecule has 9 nitrogen and oxygen atoms in total. The van der Waals surface area contributed by atoms with Crippen LogP contribution in [0.1, 0.15) is 67.2 Å². The van der Waals surface area contributed by atoms with Gasteiger partial charge in [0.1, 0.15) is 6.10 Å². The van der Waals surface area contributed by atoms with Crippen LogP contribution < -0.4 is 0 Å². The average molecular weight is 535 g/mol. The molecule has 2 N–H and O–H groups in total. The van der Waals surface area contributed by atoms with Crippen LogP contribution in [0.2, 0.25) is 0 Å². The molecule has 0 aromatic carbocycles. The van der Waals surface area contributed by atoms with Crippen LogP contribution in [0.25, 0.3) is 0 Å². The van der Waals surface area contributed by atoms with E-state index in [1.165, 1.54) is 19.9 Å². The minimum atomic E-state index is -1.29. The summed E-state index contributed by atoms with van der Waals surface area (Å²) in [4.78, 5) is 37.0. The van der Waals surface area contributed by atoms with E-state index in [9.17, 15) is 24.6 Å². The van der Waals surface area contributed by atoms with E-state index in [-0.39, 0.29) is 30.6 Å². The number of hydrogen-bond donors (Lipinski definition) is 2. The number of carbonyl (C=O) groups excluding carboxylic acids is 3. The summed E-state index contributed by atoms with van der Waals surface area (Å²) in [6.45, 7) is 17.8. The second-order valence-electron chi connectivity index (χ2n) is 11.3. The summed E-state index contributed by atoms with van der Waals surface area (Å²) >= 11 is 0. The van der Waals surface area contributed by atoms with Crippen LogP contribution in [-0.2, 0) is 33.3 Å². The van der Waals surface area contributed by atoms with Crippen LogP contribution in [0.3, 0.4) is 0 Å². The van der Waals surface area contributed by atoms with Gasteiger partial charge >= 0.3 is 17.9 Å². The molecular formula is C29H42O9. The van der Waals surface area contributed by atoms with E-state index in [2.05, 4.69) is 13.2 Å². The first-order valence-electron chi connectivity index (χ1n) is 13.3. The van der Waals surface area contributed by atoms with Crippen LogP contribution in [0, 0.1) is 28.6 Å². The highest BCUT2D eigenvalue weighted by Gasteiger charge is 2.71. The van der Waals surface area contributed by atoms with Gasteiger partial charge in [-0.1, -0.05) is 46.9 Å². The minimum absolute atomic E-state index is 0.101. The van der Waals surface area contributed by atoms with Crippen molar-refractivity contribution in [1.82, 2.24) is 0 Å². The molecule has 212 valence electrons. The van der Waals surface area contributed by atoms with Crippen molar-refractivity contribution in [3.05, 3.63) is 36.5 Å². The lowest BCUT2D eigenvalue weighted by atomic mass is 9.44. The van der Waals surface area contributed by atoms with E-state index in [1.807, 2.05) is 20.8 Å². The summed E-state index contributed by atoms with van der Waals surface area (Å²) < 4.78 is 23.1. The molecule has 1 unspecified atom stereocenters. The zero-order chi connectivity index (χ0) is 28.6. The zero-order valence-electron chi connectivity index (χ0n) is 23.3. The fourth-order valence-electron chi connectivity index (χ4n) is 6.52. The predicted octanol–water partition coefficient (Wildman–Crippen LogP) is 3.59. The molecule has 38 heavy (non-hydrogen) atoms. The Labute approximate surface area is 224 Å². The largest absolute Gasteiger partial charge is 0.458 e. The van der Waals surface area contributed by atoms with Crippen molar-refractivity contribution < 1.29 is 43.5 Å². The molecule has 1 aliphatic heterocycles. The Balaban J connectivity index is 2.22. The molecular weight excluding hydrogens is 492 g/mol. The molecule has 3 rings (SSSR count). The average Bonchev–Trinajstić information content (AvgIpc) is 3.13. The van der Waals surface area contributed by atoms with Crippen molar-refractivity contribution in [2.45, 2.75) is 98.1 Å². The maximum atomic E-state index is 12.8. The monoisotopic (exact) mass is 534 g/mol. The normalized spacial score (nSPS) is 37.5. The highest BCUT2D eigenvalue weighted by atomic mass is 16.8. The molecule has 0 aromatic rings. The lowest BCUT2D eigenvalue weighted by Gasteiger charge is -2.60. The van der Waals surface area contributed by atoms with Crippen molar-refractivity contribution in [3.8, 4) is 0 Å². The number of hydrogen-bond acceptors (Lipinski definition) is 9. The van der Waals surface area contributed by atoms with Crippen molar-refractivity contribution in [2.24, 2.45) is 28.6 Å². The number of ether oxygens (including phenoxy) is 4. The summed E-state index contributed by atoms with van der Waals surface area (Å²) in [5.74, 6) is -2.53. The van der Waals surface area contributed by atoms with E-state index >= 15 is 0 Å². The quantitative estimate of drug-likeness (QED) is 0.197. The highest BCUT2D eigenvalue weighted by molar-refractivity contribution is 5.72. The fraction of sp³-hybridized carbons (Fsp3) is 0.690. The molecule has 2 fully saturated rings. The van der Waals surface area contributed by atoms with E-state index in [0.29, 0.717) is 24.0 Å². The molecule has 3 aliphatic rings.